The normalized spacial score (nSPS) is 10.4. The zero-order valence-electron chi connectivity index (χ0n) is 13.1. The van der Waals surface area contributed by atoms with Gasteiger partial charge in [-0.1, -0.05) is 35.9 Å². The Morgan fingerprint density at radius 3 is 2.46 bits per heavy atom. The van der Waals surface area contributed by atoms with Crippen molar-refractivity contribution in [1.29, 1.82) is 0 Å². The second-order valence-electron chi connectivity index (χ2n) is 5.06. The van der Waals surface area contributed by atoms with E-state index in [1.807, 2.05) is 31.2 Å². The molecule has 0 unspecified atom stereocenters. The minimum absolute atomic E-state index is 0.0498. The van der Waals surface area contributed by atoms with Gasteiger partial charge in [-0.3, -0.25) is 14.9 Å². The maximum atomic E-state index is 12.1. The van der Waals surface area contributed by atoms with Gasteiger partial charge in [0.05, 0.1) is 22.1 Å². The van der Waals surface area contributed by atoms with Crippen molar-refractivity contribution in [2.45, 2.75) is 20.1 Å². The molecule has 0 radical (unpaired) electrons. The molecule has 0 spiro atoms. The van der Waals surface area contributed by atoms with Crippen molar-refractivity contribution in [3.63, 3.8) is 0 Å². The Kier molecular flexibility index (Phi) is 6.28. The van der Waals surface area contributed by atoms with E-state index in [2.05, 4.69) is 5.32 Å². The van der Waals surface area contributed by atoms with Crippen LogP contribution in [-0.4, -0.2) is 17.4 Å². The molecule has 0 aromatic heterocycles. The summed E-state index contributed by atoms with van der Waals surface area (Å²) >= 11 is 5.94. The second-order valence-corrected chi connectivity index (χ2v) is 5.46. The van der Waals surface area contributed by atoms with Crippen molar-refractivity contribution in [2.24, 2.45) is 0 Å². The Morgan fingerprint density at radius 1 is 1.21 bits per heavy atom. The molecular weight excluding hydrogens is 332 g/mol. The number of nitro benzene ring substituents is 1. The highest BCUT2D eigenvalue weighted by atomic mass is 35.5. The topological polar surface area (TPSA) is 81.5 Å². The van der Waals surface area contributed by atoms with Crippen LogP contribution in [0.5, 0.6) is 0 Å². The van der Waals surface area contributed by atoms with Gasteiger partial charge in [0.15, 0.2) is 0 Å². The lowest BCUT2D eigenvalue weighted by Crippen LogP contribution is -2.23. The average Bonchev–Trinajstić information content (AvgIpc) is 2.58. The fraction of sp³-hybridized carbons (Fsp3) is 0.235. The van der Waals surface area contributed by atoms with E-state index in [1.165, 1.54) is 18.2 Å². The van der Waals surface area contributed by atoms with Crippen molar-refractivity contribution in [3.8, 4) is 0 Å². The number of hydrogen-bond donors (Lipinski definition) is 1. The number of rotatable bonds is 7. The molecule has 0 bridgehead atoms. The molecular formula is C17H17ClN2O4. The van der Waals surface area contributed by atoms with Gasteiger partial charge in [0.2, 0.25) is 0 Å². The fourth-order valence-electron chi connectivity index (χ4n) is 2.05. The molecule has 0 aliphatic heterocycles. The lowest BCUT2D eigenvalue weighted by atomic mass is 10.1. The molecule has 6 nitrogen and oxygen atoms in total. The minimum Gasteiger partial charge on any atom is -0.377 e. The summed E-state index contributed by atoms with van der Waals surface area (Å²) in [5.74, 6) is -0.381. The van der Waals surface area contributed by atoms with Gasteiger partial charge in [0.1, 0.15) is 0 Å². The maximum Gasteiger partial charge on any atom is 0.270 e. The van der Waals surface area contributed by atoms with Gasteiger partial charge in [0, 0.05) is 25.3 Å². The van der Waals surface area contributed by atoms with Gasteiger partial charge in [-0.25, -0.2) is 0 Å². The summed E-state index contributed by atoms with van der Waals surface area (Å²) in [6, 6.07) is 11.5. The number of hydrogen-bond acceptors (Lipinski definition) is 4. The Balaban J connectivity index is 1.96. The van der Waals surface area contributed by atoms with Crippen LogP contribution in [0, 0.1) is 10.1 Å². The highest BCUT2D eigenvalue weighted by molar-refractivity contribution is 6.34. The summed E-state index contributed by atoms with van der Waals surface area (Å²) in [6.45, 7) is 3.49. The molecule has 0 heterocycles. The number of nitrogens with zero attached hydrogens (tertiary/aromatic N) is 1. The van der Waals surface area contributed by atoms with Crippen molar-refractivity contribution in [2.75, 3.05) is 6.61 Å². The SMILES string of the molecule is CCOCc1ccc(CNC(=O)c2ccc([N+](=O)[O-])cc2Cl)cc1. The zero-order valence-corrected chi connectivity index (χ0v) is 13.9. The van der Waals surface area contributed by atoms with Crippen LogP contribution in [0.1, 0.15) is 28.4 Å². The lowest BCUT2D eigenvalue weighted by molar-refractivity contribution is -0.384. The van der Waals surface area contributed by atoms with Crippen molar-refractivity contribution in [3.05, 3.63) is 74.3 Å². The van der Waals surface area contributed by atoms with Crippen molar-refractivity contribution >= 4 is 23.2 Å². The molecule has 0 saturated carbocycles. The molecule has 1 amide bonds. The number of nitro groups is 1. The zero-order chi connectivity index (χ0) is 17.5. The number of ether oxygens (including phenoxy) is 1. The Hall–Kier alpha value is -2.44. The fourth-order valence-corrected chi connectivity index (χ4v) is 2.31. The summed E-state index contributed by atoms with van der Waals surface area (Å²) in [7, 11) is 0. The number of halogens is 1. The van der Waals surface area contributed by atoms with Gasteiger partial charge in [0.25, 0.3) is 11.6 Å². The molecule has 0 aliphatic carbocycles. The number of carbonyl (C=O) groups is 1. The van der Waals surface area contributed by atoms with Gasteiger partial charge in [-0.2, -0.15) is 0 Å². The second kappa shape index (κ2) is 8.42. The Bertz CT molecular complexity index is 732. The third-order valence-corrected chi connectivity index (χ3v) is 3.67. The monoisotopic (exact) mass is 348 g/mol. The predicted molar refractivity (Wildman–Crippen MR) is 91.0 cm³/mol. The third-order valence-electron chi connectivity index (χ3n) is 3.36. The summed E-state index contributed by atoms with van der Waals surface area (Å²) in [6.07, 6.45) is 0. The molecule has 2 aromatic rings. The van der Waals surface area contributed by atoms with Crippen LogP contribution >= 0.6 is 11.6 Å². The van der Waals surface area contributed by atoms with Crippen LogP contribution in [0.2, 0.25) is 5.02 Å². The van der Waals surface area contributed by atoms with Crippen LogP contribution < -0.4 is 5.32 Å². The van der Waals surface area contributed by atoms with E-state index in [-0.39, 0.29) is 22.2 Å². The summed E-state index contributed by atoms with van der Waals surface area (Å²) in [5, 5.41) is 13.5. The van der Waals surface area contributed by atoms with E-state index in [0.29, 0.717) is 19.8 Å². The first-order valence-electron chi connectivity index (χ1n) is 7.39. The molecule has 2 aromatic carbocycles. The first-order valence-corrected chi connectivity index (χ1v) is 7.76. The summed E-state index contributed by atoms with van der Waals surface area (Å²) in [5.41, 5.74) is 2.05. The van der Waals surface area contributed by atoms with Crippen LogP contribution in [-0.2, 0) is 17.9 Å². The number of benzene rings is 2. The van der Waals surface area contributed by atoms with E-state index >= 15 is 0 Å². The smallest absolute Gasteiger partial charge is 0.270 e. The highest BCUT2D eigenvalue weighted by Crippen LogP contribution is 2.22. The standard InChI is InChI=1S/C17H17ClN2O4/c1-2-24-11-13-5-3-12(4-6-13)10-19-17(21)15-8-7-14(20(22)23)9-16(15)18/h3-9H,2,10-11H2,1H3,(H,19,21). The van der Waals surface area contributed by atoms with E-state index < -0.39 is 4.92 Å². The lowest BCUT2D eigenvalue weighted by Gasteiger charge is -2.08. The van der Waals surface area contributed by atoms with Gasteiger partial charge < -0.3 is 10.1 Å². The van der Waals surface area contributed by atoms with E-state index in [9.17, 15) is 14.9 Å². The van der Waals surface area contributed by atoms with Crippen LogP contribution in [0.3, 0.4) is 0 Å². The molecule has 0 aliphatic rings. The summed E-state index contributed by atoms with van der Waals surface area (Å²) in [4.78, 5) is 22.3. The van der Waals surface area contributed by atoms with Crippen LogP contribution in [0.4, 0.5) is 5.69 Å². The highest BCUT2D eigenvalue weighted by Gasteiger charge is 2.14. The average molecular weight is 349 g/mol. The molecule has 1 N–H and O–H groups in total. The van der Waals surface area contributed by atoms with Crippen LogP contribution in [0.15, 0.2) is 42.5 Å². The van der Waals surface area contributed by atoms with Crippen molar-refractivity contribution in [1.82, 2.24) is 5.32 Å². The van der Waals surface area contributed by atoms with Gasteiger partial charge in [-0.15, -0.1) is 0 Å². The number of non-ortho nitro benzene ring substituents is 1. The first kappa shape index (κ1) is 17.9. The summed E-state index contributed by atoms with van der Waals surface area (Å²) < 4.78 is 5.32. The first-order chi connectivity index (χ1) is 11.5. The number of carbonyl (C=O) groups excluding carboxylic acids is 1. The molecule has 0 saturated heterocycles. The largest absolute Gasteiger partial charge is 0.377 e. The van der Waals surface area contributed by atoms with E-state index in [4.69, 9.17) is 16.3 Å². The Morgan fingerprint density at radius 2 is 1.88 bits per heavy atom. The minimum atomic E-state index is -0.558. The molecule has 0 fully saturated rings. The molecule has 126 valence electrons. The van der Waals surface area contributed by atoms with Crippen molar-refractivity contribution < 1.29 is 14.5 Å². The Labute approximate surface area is 144 Å². The van der Waals surface area contributed by atoms with Crippen LogP contribution in [0.25, 0.3) is 0 Å². The van der Waals surface area contributed by atoms with Gasteiger partial charge in [-0.05, 0) is 24.1 Å². The quantitative estimate of drug-likeness (QED) is 0.610. The maximum absolute atomic E-state index is 12.1. The molecule has 2 rings (SSSR count). The van der Waals surface area contributed by atoms with E-state index in [0.717, 1.165) is 11.1 Å². The molecule has 24 heavy (non-hydrogen) atoms. The number of nitrogens with one attached hydrogen (secondary N) is 1. The molecule has 0 atom stereocenters. The molecule has 7 heteroatoms. The van der Waals surface area contributed by atoms with Gasteiger partial charge >= 0.3 is 0 Å². The third kappa shape index (κ3) is 4.78. The van der Waals surface area contributed by atoms with E-state index in [1.54, 1.807) is 0 Å². The number of amides is 1. The predicted octanol–water partition coefficient (Wildman–Crippen LogP) is 3.71.